The molecule has 0 radical (unpaired) electrons. The third-order valence-electron chi connectivity index (χ3n) is 4.40. The largest absolute Gasteiger partial charge is 0.467 e. The van der Waals surface area contributed by atoms with Gasteiger partial charge in [-0.25, -0.2) is 4.79 Å². The number of hydrogen-bond donors (Lipinski definition) is 2. The number of esters is 1. The molecule has 0 saturated carbocycles. The fraction of sp³-hybridized carbons (Fsp3) is 0.529. The SMILES string of the molecule is COC(=O)C(Cc1ccccc1)NC(=O)C1(CN)CCOCC1. The molecule has 0 aromatic heterocycles. The van der Waals surface area contributed by atoms with Crippen molar-refractivity contribution >= 4 is 11.9 Å². The Morgan fingerprint density at radius 2 is 1.96 bits per heavy atom. The minimum absolute atomic E-state index is 0.199. The molecule has 1 saturated heterocycles. The zero-order valence-electron chi connectivity index (χ0n) is 13.4. The van der Waals surface area contributed by atoms with E-state index in [1.54, 1.807) is 0 Å². The van der Waals surface area contributed by atoms with Crippen molar-refractivity contribution < 1.29 is 19.1 Å². The maximum absolute atomic E-state index is 12.7. The number of rotatable bonds is 6. The fourth-order valence-electron chi connectivity index (χ4n) is 2.78. The van der Waals surface area contributed by atoms with E-state index in [0.29, 0.717) is 32.5 Å². The van der Waals surface area contributed by atoms with Gasteiger partial charge in [-0.1, -0.05) is 30.3 Å². The monoisotopic (exact) mass is 320 g/mol. The van der Waals surface area contributed by atoms with E-state index in [1.807, 2.05) is 30.3 Å². The predicted octanol–water partition coefficient (Wildman–Crippen LogP) is 0.642. The molecule has 6 nitrogen and oxygen atoms in total. The van der Waals surface area contributed by atoms with E-state index >= 15 is 0 Å². The first-order valence-corrected chi connectivity index (χ1v) is 7.82. The molecule has 1 fully saturated rings. The van der Waals surface area contributed by atoms with Crippen LogP contribution in [0.5, 0.6) is 0 Å². The molecule has 2 rings (SSSR count). The molecule has 1 atom stereocenters. The Morgan fingerprint density at radius 1 is 1.30 bits per heavy atom. The van der Waals surface area contributed by atoms with E-state index in [1.165, 1.54) is 7.11 Å². The van der Waals surface area contributed by atoms with Crippen LogP contribution in [0.15, 0.2) is 30.3 Å². The number of nitrogens with one attached hydrogen (secondary N) is 1. The zero-order chi connectivity index (χ0) is 16.7. The minimum atomic E-state index is -0.721. The van der Waals surface area contributed by atoms with E-state index in [2.05, 4.69) is 5.32 Å². The van der Waals surface area contributed by atoms with Crippen molar-refractivity contribution in [3.05, 3.63) is 35.9 Å². The Morgan fingerprint density at radius 3 is 2.52 bits per heavy atom. The summed E-state index contributed by atoms with van der Waals surface area (Å²) in [6.45, 7) is 1.25. The Labute approximate surface area is 136 Å². The summed E-state index contributed by atoms with van der Waals surface area (Å²) in [5.74, 6) is -0.656. The predicted molar refractivity (Wildman–Crippen MR) is 85.6 cm³/mol. The van der Waals surface area contributed by atoms with Crippen molar-refractivity contribution in [2.24, 2.45) is 11.1 Å². The Bertz CT molecular complexity index is 527. The quantitative estimate of drug-likeness (QED) is 0.751. The highest BCUT2D eigenvalue weighted by Gasteiger charge is 2.40. The van der Waals surface area contributed by atoms with Crippen molar-refractivity contribution in [3.8, 4) is 0 Å². The smallest absolute Gasteiger partial charge is 0.328 e. The fourth-order valence-corrected chi connectivity index (χ4v) is 2.78. The van der Waals surface area contributed by atoms with Crippen LogP contribution in [0, 0.1) is 5.41 Å². The maximum atomic E-state index is 12.7. The molecular formula is C17H24N2O4. The summed E-state index contributed by atoms with van der Waals surface area (Å²) in [6.07, 6.45) is 1.51. The molecule has 0 spiro atoms. The van der Waals surface area contributed by atoms with Gasteiger partial charge in [0, 0.05) is 26.2 Å². The van der Waals surface area contributed by atoms with E-state index in [4.69, 9.17) is 15.2 Å². The first kappa shape index (κ1) is 17.4. The Balaban J connectivity index is 2.10. The molecule has 1 aromatic rings. The van der Waals surface area contributed by atoms with Gasteiger partial charge in [0.2, 0.25) is 5.91 Å². The number of carbonyl (C=O) groups excluding carboxylic acids is 2. The van der Waals surface area contributed by atoms with Crippen molar-refractivity contribution in [3.63, 3.8) is 0 Å². The van der Waals surface area contributed by atoms with Crippen LogP contribution in [-0.2, 0) is 25.5 Å². The number of hydrogen-bond acceptors (Lipinski definition) is 5. The first-order chi connectivity index (χ1) is 11.1. The summed E-state index contributed by atoms with van der Waals surface area (Å²) in [6, 6.07) is 8.79. The summed E-state index contributed by atoms with van der Waals surface area (Å²) in [4.78, 5) is 24.8. The molecule has 1 aromatic carbocycles. The molecule has 23 heavy (non-hydrogen) atoms. The number of nitrogens with two attached hydrogens (primary N) is 1. The number of amides is 1. The van der Waals surface area contributed by atoms with E-state index < -0.39 is 17.4 Å². The van der Waals surface area contributed by atoms with Gasteiger partial charge in [0.15, 0.2) is 0 Å². The second kappa shape index (κ2) is 8.08. The van der Waals surface area contributed by atoms with Gasteiger partial charge >= 0.3 is 5.97 Å². The lowest BCUT2D eigenvalue weighted by atomic mass is 9.79. The first-order valence-electron chi connectivity index (χ1n) is 7.82. The van der Waals surface area contributed by atoms with Gasteiger partial charge in [-0.2, -0.15) is 0 Å². The van der Waals surface area contributed by atoms with Crippen LogP contribution in [0.1, 0.15) is 18.4 Å². The van der Waals surface area contributed by atoms with Gasteiger partial charge in [0.1, 0.15) is 6.04 Å². The van der Waals surface area contributed by atoms with Crippen LogP contribution in [0.3, 0.4) is 0 Å². The molecule has 1 aliphatic rings. The van der Waals surface area contributed by atoms with Crippen molar-refractivity contribution in [1.82, 2.24) is 5.32 Å². The third kappa shape index (κ3) is 4.30. The van der Waals surface area contributed by atoms with Gasteiger partial charge in [-0.15, -0.1) is 0 Å². The normalized spacial score (nSPS) is 18.0. The van der Waals surface area contributed by atoms with Crippen LogP contribution >= 0.6 is 0 Å². The van der Waals surface area contributed by atoms with Gasteiger partial charge in [0.05, 0.1) is 12.5 Å². The van der Waals surface area contributed by atoms with E-state index in [9.17, 15) is 9.59 Å². The number of ether oxygens (including phenoxy) is 2. The summed E-state index contributed by atoms with van der Waals surface area (Å²) in [7, 11) is 1.32. The molecule has 0 aliphatic carbocycles. The molecule has 6 heteroatoms. The topological polar surface area (TPSA) is 90.7 Å². The summed E-state index contributed by atoms with van der Waals surface area (Å²) in [5, 5.41) is 2.83. The van der Waals surface area contributed by atoms with Gasteiger partial charge in [-0.05, 0) is 18.4 Å². The van der Waals surface area contributed by atoms with Crippen LogP contribution in [0.4, 0.5) is 0 Å². The standard InChI is InChI=1S/C17H24N2O4/c1-22-15(20)14(11-13-5-3-2-4-6-13)19-16(21)17(12-18)7-9-23-10-8-17/h2-6,14H,7-12,18H2,1H3,(H,19,21). The van der Waals surface area contributed by atoms with Crippen molar-refractivity contribution in [2.45, 2.75) is 25.3 Å². The minimum Gasteiger partial charge on any atom is -0.467 e. The van der Waals surface area contributed by atoms with Crippen molar-refractivity contribution in [1.29, 1.82) is 0 Å². The summed E-state index contributed by atoms with van der Waals surface area (Å²) in [5.41, 5.74) is 6.13. The van der Waals surface area contributed by atoms with Crippen LogP contribution in [0.2, 0.25) is 0 Å². The molecule has 126 valence electrons. The van der Waals surface area contributed by atoms with E-state index in [-0.39, 0.29) is 12.5 Å². The zero-order valence-corrected chi connectivity index (χ0v) is 13.4. The average Bonchev–Trinajstić information content (AvgIpc) is 2.61. The van der Waals surface area contributed by atoms with Crippen LogP contribution < -0.4 is 11.1 Å². The lowest BCUT2D eigenvalue weighted by Gasteiger charge is -2.35. The van der Waals surface area contributed by atoms with Crippen molar-refractivity contribution in [2.75, 3.05) is 26.9 Å². The molecular weight excluding hydrogens is 296 g/mol. The second-order valence-electron chi connectivity index (χ2n) is 5.84. The Kier molecular flexibility index (Phi) is 6.12. The molecule has 1 heterocycles. The lowest BCUT2D eigenvalue weighted by molar-refractivity contribution is -0.148. The highest BCUT2D eigenvalue weighted by Crippen LogP contribution is 2.29. The third-order valence-corrected chi connectivity index (χ3v) is 4.40. The number of carbonyl (C=O) groups is 2. The summed E-state index contributed by atoms with van der Waals surface area (Å²) >= 11 is 0. The highest BCUT2D eigenvalue weighted by atomic mass is 16.5. The van der Waals surface area contributed by atoms with Gasteiger partial charge in [0.25, 0.3) is 0 Å². The van der Waals surface area contributed by atoms with Crippen LogP contribution in [0.25, 0.3) is 0 Å². The summed E-state index contributed by atoms with van der Waals surface area (Å²) < 4.78 is 10.1. The average molecular weight is 320 g/mol. The van der Waals surface area contributed by atoms with E-state index in [0.717, 1.165) is 5.56 Å². The highest BCUT2D eigenvalue weighted by molar-refractivity contribution is 5.88. The second-order valence-corrected chi connectivity index (χ2v) is 5.84. The number of benzene rings is 1. The van der Waals surface area contributed by atoms with Gasteiger partial charge in [-0.3, -0.25) is 4.79 Å². The molecule has 1 aliphatic heterocycles. The molecule has 1 amide bonds. The van der Waals surface area contributed by atoms with Gasteiger partial charge < -0.3 is 20.5 Å². The lowest BCUT2D eigenvalue weighted by Crippen LogP contribution is -2.54. The molecule has 3 N–H and O–H groups in total. The number of methoxy groups -OCH3 is 1. The molecule has 1 unspecified atom stereocenters. The van der Waals surface area contributed by atoms with Crippen LogP contribution in [-0.4, -0.2) is 44.8 Å². The Hall–Kier alpha value is -1.92. The molecule has 0 bridgehead atoms. The maximum Gasteiger partial charge on any atom is 0.328 e.